The SMILES string of the molecule is C1=CC2=CC=CC3c4ccc(-c5ccc6c(c5)c5ccccc5n6-c5ccccc5)cc4CC(=C1)C23. The molecule has 1 aromatic heterocycles. The zero-order valence-electron chi connectivity index (χ0n) is 19.9. The topological polar surface area (TPSA) is 4.93 Å². The Kier molecular flexibility index (Phi) is 4.18. The number of fused-ring (bicyclic) bond motifs is 5. The van der Waals surface area contributed by atoms with E-state index in [4.69, 9.17) is 0 Å². The molecule has 0 saturated carbocycles. The molecule has 0 bridgehead atoms. The molecule has 0 N–H and O–H groups in total. The highest BCUT2D eigenvalue weighted by atomic mass is 15.0. The van der Waals surface area contributed by atoms with Crippen LogP contribution in [0.1, 0.15) is 17.0 Å². The third-order valence-electron chi connectivity index (χ3n) is 8.24. The maximum absolute atomic E-state index is 2.44. The maximum atomic E-state index is 2.44. The van der Waals surface area contributed by atoms with E-state index < -0.39 is 0 Å². The van der Waals surface area contributed by atoms with E-state index in [0.717, 1.165) is 6.42 Å². The minimum absolute atomic E-state index is 0.449. The van der Waals surface area contributed by atoms with Crippen molar-refractivity contribution in [2.75, 3.05) is 0 Å². The molecule has 0 saturated heterocycles. The Bertz CT molecular complexity index is 1810. The summed E-state index contributed by atoms with van der Waals surface area (Å²) in [5, 5.41) is 2.60. The Morgan fingerprint density at radius 3 is 2.42 bits per heavy atom. The van der Waals surface area contributed by atoms with Gasteiger partial charge in [0.15, 0.2) is 0 Å². The summed E-state index contributed by atoms with van der Waals surface area (Å²) in [5.41, 5.74) is 12.2. The Hall–Kier alpha value is -4.36. The maximum Gasteiger partial charge on any atom is 0.0541 e. The number of hydrogen-bond acceptors (Lipinski definition) is 0. The van der Waals surface area contributed by atoms with Gasteiger partial charge >= 0.3 is 0 Å². The van der Waals surface area contributed by atoms with Crippen LogP contribution in [0, 0.1) is 5.92 Å². The number of allylic oxidation sites excluding steroid dienone is 8. The molecular formula is C35H25N. The second-order valence-electron chi connectivity index (χ2n) is 10.2. The van der Waals surface area contributed by atoms with Crippen molar-refractivity contribution in [3.05, 3.63) is 150 Å². The molecule has 0 aliphatic heterocycles. The van der Waals surface area contributed by atoms with Crippen molar-refractivity contribution >= 4 is 21.8 Å². The summed E-state index contributed by atoms with van der Waals surface area (Å²) in [6, 6.07) is 33.5. The second-order valence-corrected chi connectivity index (χ2v) is 10.2. The van der Waals surface area contributed by atoms with Crippen molar-refractivity contribution in [2.45, 2.75) is 12.3 Å². The average Bonchev–Trinajstić information content (AvgIpc) is 3.27. The molecule has 0 spiro atoms. The van der Waals surface area contributed by atoms with Crippen LogP contribution in [0.4, 0.5) is 0 Å². The fraction of sp³-hybridized carbons (Fsp3) is 0.0857. The number of nitrogens with zero attached hydrogens (tertiary/aromatic N) is 1. The van der Waals surface area contributed by atoms with Gasteiger partial charge in [-0.3, -0.25) is 0 Å². The van der Waals surface area contributed by atoms with Crippen LogP contribution >= 0.6 is 0 Å². The first kappa shape index (κ1) is 19.9. The molecule has 0 fully saturated rings. The van der Waals surface area contributed by atoms with Gasteiger partial charge in [-0.2, -0.15) is 0 Å². The van der Waals surface area contributed by atoms with E-state index in [-0.39, 0.29) is 0 Å². The molecule has 3 aliphatic carbocycles. The lowest BCUT2D eigenvalue weighted by atomic mass is 9.65. The van der Waals surface area contributed by atoms with Crippen LogP contribution in [0.25, 0.3) is 38.6 Å². The summed E-state index contributed by atoms with van der Waals surface area (Å²) >= 11 is 0. The third-order valence-corrected chi connectivity index (χ3v) is 8.24. The van der Waals surface area contributed by atoms with E-state index in [1.54, 1.807) is 5.57 Å². The Balaban J connectivity index is 1.28. The molecule has 8 rings (SSSR count). The minimum Gasteiger partial charge on any atom is -0.309 e. The lowest BCUT2D eigenvalue weighted by Crippen LogP contribution is -2.26. The first-order valence-electron chi connectivity index (χ1n) is 12.8. The summed E-state index contributed by atoms with van der Waals surface area (Å²) in [6.07, 6.45) is 14.8. The van der Waals surface area contributed by atoms with E-state index in [1.165, 1.54) is 55.3 Å². The zero-order valence-corrected chi connectivity index (χ0v) is 19.9. The number of aromatic nitrogens is 1. The molecule has 170 valence electrons. The number of rotatable bonds is 2. The quantitative estimate of drug-likeness (QED) is 0.249. The van der Waals surface area contributed by atoms with Crippen LogP contribution in [0.2, 0.25) is 0 Å². The first-order valence-corrected chi connectivity index (χ1v) is 12.8. The van der Waals surface area contributed by atoms with E-state index >= 15 is 0 Å². The minimum atomic E-state index is 0.449. The van der Waals surface area contributed by atoms with Crippen molar-refractivity contribution in [3.8, 4) is 16.8 Å². The van der Waals surface area contributed by atoms with Gasteiger partial charge in [0, 0.05) is 28.3 Å². The van der Waals surface area contributed by atoms with Gasteiger partial charge in [0.25, 0.3) is 0 Å². The van der Waals surface area contributed by atoms with Crippen molar-refractivity contribution in [1.29, 1.82) is 0 Å². The van der Waals surface area contributed by atoms with Crippen LogP contribution in [-0.4, -0.2) is 4.57 Å². The van der Waals surface area contributed by atoms with Crippen LogP contribution < -0.4 is 0 Å². The number of benzene rings is 4. The Labute approximate surface area is 211 Å². The van der Waals surface area contributed by atoms with Gasteiger partial charge in [-0.1, -0.05) is 103 Å². The summed E-state index contributed by atoms with van der Waals surface area (Å²) in [7, 11) is 0. The van der Waals surface area contributed by atoms with Crippen molar-refractivity contribution in [3.63, 3.8) is 0 Å². The fourth-order valence-corrected chi connectivity index (χ4v) is 6.64. The second kappa shape index (κ2) is 7.57. The first-order chi connectivity index (χ1) is 17.8. The van der Waals surface area contributed by atoms with Gasteiger partial charge < -0.3 is 4.57 Å². The summed E-state index contributed by atoms with van der Waals surface area (Å²) in [6.45, 7) is 0. The lowest BCUT2D eigenvalue weighted by molar-refractivity contribution is 0.589. The van der Waals surface area contributed by atoms with Crippen molar-refractivity contribution < 1.29 is 0 Å². The molecule has 0 amide bonds. The van der Waals surface area contributed by atoms with E-state index in [1.807, 2.05) is 0 Å². The van der Waals surface area contributed by atoms with Crippen molar-refractivity contribution in [1.82, 2.24) is 4.57 Å². The van der Waals surface area contributed by atoms with Crippen LogP contribution in [0.3, 0.4) is 0 Å². The predicted octanol–water partition coefficient (Wildman–Crippen LogP) is 8.70. The van der Waals surface area contributed by atoms with Gasteiger partial charge in [0.05, 0.1) is 11.0 Å². The van der Waals surface area contributed by atoms with Crippen LogP contribution in [0.5, 0.6) is 0 Å². The molecule has 4 aromatic carbocycles. The molecule has 1 heterocycles. The monoisotopic (exact) mass is 459 g/mol. The lowest BCUT2D eigenvalue weighted by Gasteiger charge is -2.38. The smallest absolute Gasteiger partial charge is 0.0541 e. The summed E-state index contributed by atoms with van der Waals surface area (Å²) in [5.74, 6) is 0.962. The average molecular weight is 460 g/mol. The Morgan fingerprint density at radius 1 is 0.667 bits per heavy atom. The molecule has 2 unspecified atom stereocenters. The molecular weight excluding hydrogens is 434 g/mol. The third kappa shape index (κ3) is 2.83. The molecule has 36 heavy (non-hydrogen) atoms. The van der Waals surface area contributed by atoms with E-state index in [0.29, 0.717) is 11.8 Å². The molecule has 1 nitrogen and oxygen atoms in total. The van der Waals surface area contributed by atoms with E-state index in [9.17, 15) is 0 Å². The fourth-order valence-electron chi connectivity index (χ4n) is 6.64. The highest BCUT2D eigenvalue weighted by Crippen LogP contribution is 2.48. The normalized spacial score (nSPS) is 19.7. The van der Waals surface area contributed by atoms with E-state index in [2.05, 4.69) is 132 Å². The Morgan fingerprint density at radius 2 is 1.47 bits per heavy atom. The predicted molar refractivity (Wildman–Crippen MR) is 151 cm³/mol. The van der Waals surface area contributed by atoms with Gasteiger partial charge in [-0.15, -0.1) is 0 Å². The van der Waals surface area contributed by atoms with Crippen molar-refractivity contribution in [2.24, 2.45) is 5.92 Å². The van der Waals surface area contributed by atoms with Crippen LogP contribution in [-0.2, 0) is 6.42 Å². The van der Waals surface area contributed by atoms with Crippen LogP contribution in [0.15, 0.2) is 139 Å². The highest BCUT2D eigenvalue weighted by molar-refractivity contribution is 6.10. The standard InChI is InChI=1S/C35H25N/c1-2-11-28(12-3-1)36-33-15-5-4-13-30(33)32-22-25(17-19-34(32)36)24-16-18-29-27(20-24)21-26-10-6-8-23-9-7-14-31(29)35(23)26/h1-20,22,31,35H,21H2. The summed E-state index contributed by atoms with van der Waals surface area (Å²) < 4.78 is 2.38. The van der Waals surface area contributed by atoms with Gasteiger partial charge in [0.1, 0.15) is 0 Å². The summed E-state index contributed by atoms with van der Waals surface area (Å²) in [4.78, 5) is 0. The van der Waals surface area contributed by atoms with Gasteiger partial charge in [-0.05, 0) is 64.6 Å². The molecule has 3 aliphatic rings. The van der Waals surface area contributed by atoms with Gasteiger partial charge in [-0.25, -0.2) is 0 Å². The molecule has 5 aromatic rings. The molecule has 2 atom stereocenters. The number of para-hydroxylation sites is 2. The molecule has 1 heteroatoms. The van der Waals surface area contributed by atoms with Gasteiger partial charge in [0.2, 0.25) is 0 Å². The zero-order chi connectivity index (χ0) is 23.6. The highest BCUT2D eigenvalue weighted by Gasteiger charge is 2.35. The number of hydrogen-bond donors (Lipinski definition) is 0. The molecule has 0 radical (unpaired) electrons. The largest absolute Gasteiger partial charge is 0.309 e.